The Balaban J connectivity index is 2.34. The molecule has 2 aromatic rings. The van der Waals surface area contributed by atoms with E-state index in [9.17, 15) is 18.4 Å². The summed E-state index contributed by atoms with van der Waals surface area (Å²) >= 11 is 0. The molecule has 3 rings (SSSR count). The molecule has 0 amide bonds. The standard InChI is InChI=1S/C16H16F3N3O3/c1-7-11(20)6-22(7)14-10(18)4-8-13(12(14)19)21(3-2-17)5-9(15(8)23)16(24)25/h4-5,7,11H,2-3,6,20H2,1H3,(H,24,25)/t7-,11+/m1/s1. The fraction of sp³-hybridized carbons (Fsp3) is 0.375. The molecule has 0 bridgehead atoms. The van der Waals surface area contributed by atoms with E-state index in [0.717, 1.165) is 16.8 Å². The van der Waals surface area contributed by atoms with Gasteiger partial charge in [-0.25, -0.2) is 18.0 Å². The summed E-state index contributed by atoms with van der Waals surface area (Å²) in [5, 5.41) is 8.65. The van der Waals surface area contributed by atoms with Gasteiger partial charge in [-0.1, -0.05) is 0 Å². The molecule has 1 saturated heterocycles. The second-order valence-corrected chi connectivity index (χ2v) is 6.03. The lowest BCUT2D eigenvalue weighted by Gasteiger charge is -2.46. The number of aryl methyl sites for hydroxylation is 1. The van der Waals surface area contributed by atoms with Gasteiger partial charge in [0.05, 0.1) is 17.4 Å². The predicted octanol–water partition coefficient (Wildman–Crippen LogP) is 1.48. The lowest BCUT2D eigenvalue weighted by atomic mass is 9.97. The maximum Gasteiger partial charge on any atom is 0.341 e. The number of aromatic nitrogens is 1. The number of aromatic carboxylic acids is 1. The molecule has 1 aliphatic rings. The number of anilines is 1. The Morgan fingerprint density at radius 1 is 1.44 bits per heavy atom. The molecule has 3 N–H and O–H groups in total. The molecule has 1 aliphatic heterocycles. The first kappa shape index (κ1) is 17.3. The number of carboxylic acids is 1. The number of carboxylic acid groups (broad SMARTS) is 1. The Morgan fingerprint density at radius 3 is 2.64 bits per heavy atom. The summed E-state index contributed by atoms with van der Waals surface area (Å²) in [5.74, 6) is -3.57. The van der Waals surface area contributed by atoms with Crippen LogP contribution < -0.4 is 16.1 Å². The number of hydrogen-bond donors (Lipinski definition) is 2. The van der Waals surface area contributed by atoms with Crippen molar-refractivity contribution in [1.82, 2.24) is 4.57 Å². The number of benzene rings is 1. The highest BCUT2D eigenvalue weighted by molar-refractivity contribution is 5.94. The number of carbonyl (C=O) groups is 1. The number of rotatable bonds is 4. The van der Waals surface area contributed by atoms with Gasteiger partial charge < -0.3 is 20.3 Å². The molecule has 25 heavy (non-hydrogen) atoms. The van der Waals surface area contributed by atoms with Gasteiger partial charge in [0.1, 0.15) is 23.7 Å². The second-order valence-electron chi connectivity index (χ2n) is 6.03. The summed E-state index contributed by atoms with van der Waals surface area (Å²) in [6.07, 6.45) is 0.878. The van der Waals surface area contributed by atoms with Gasteiger partial charge >= 0.3 is 5.97 Å². The Kier molecular flexibility index (Phi) is 4.19. The average molecular weight is 355 g/mol. The molecule has 0 aliphatic carbocycles. The minimum absolute atomic E-state index is 0.237. The molecule has 1 fully saturated rings. The lowest BCUT2D eigenvalue weighted by molar-refractivity contribution is 0.0694. The SMILES string of the molecule is C[C@@H]1[C@@H](N)CN1c1c(F)cc2c(=O)c(C(=O)O)cn(CCF)c2c1F. The van der Waals surface area contributed by atoms with E-state index in [4.69, 9.17) is 10.8 Å². The minimum Gasteiger partial charge on any atom is -0.477 e. The van der Waals surface area contributed by atoms with Crippen LogP contribution in [0.3, 0.4) is 0 Å². The quantitative estimate of drug-likeness (QED) is 0.867. The number of hydrogen-bond acceptors (Lipinski definition) is 4. The van der Waals surface area contributed by atoms with E-state index in [1.807, 2.05) is 0 Å². The van der Waals surface area contributed by atoms with E-state index in [2.05, 4.69) is 0 Å². The van der Waals surface area contributed by atoms with Crippen LogP contribution >= 0.6 is 0 Å². The molecular formula is C16H16F3N3O3. The zero-order valence-electron chi connectivity index (χ0n) is 13.3. The summed E-state index contributed by atoms with van der Waals surface area (Å²) < 4.78 is 43.4. The first-order valence-corrected chi connectivity index (χ1v) is 7.64. The third-order valence-electron chi connectivity index (χ3n) is 4.59. The van der Waals surface area contributed by atoms with Crippen LogP contribution in [-0.4, -0.2) is 40.9 Å². The van der Waals surface area contributed by atoms with Crippen molar-refractivity contribution < 1.29 is 23.1 Å². The largest absolute Gasteiger partial charge is 0.477 e. The van der Waals surface area contributed by atoms with Crippen LogP contribution in [-0.2, 0) is 6.54 Å². The third-order valence-corrected chi connectivity index (χ3v) is 4.59. The number of pyridine rings is 1. The maximum absolute atomic E-state index is 15.0. The van der Waals surface area contributed by atoms with Crippen LogP contribution in [0.2, 0.25) is 0 Å². The van der Waals surface area contributed by atoms with Crippen molar-refractivity contribution in [3.05, 3.63) is 39.7 Å². The van der Waals surface area contributed by atoms with Crippen LogP contribution in [0, 0.1) is 11.6 Å². The molecule has 0 spiro atoms. The molecule has 0 unspecified atom stereocenters. The molecule has 0 saturated carbocycles. The highest BCUT2D eigenvalue weighted by Crippen LogP contribution is 2.34. The van der Waals surface area contributed by atoms with Crippen molar-refractivity contribution in [3.63, 3.8) is 0 Å². The highest BCUT2D eigenvalue weighted by atomic mass is 19.1. The molecule has 9 heteroatoms. The van der Waals surface area contributed by atoms with E-state index in [1.165, 1.54) is 4.90 Å². The topological polar surface area (TPSA) is 88.6 Å². The van der Waals surface area contributed by atoms with E-state index in [0.29, 0.717) is 0 Å². The Morgan fingerprint density at radius 2 is 2.12 bits per heavy atom. The van der Waals surface area contributed by atoms with E-state index in [1.54, 1.807) is 6.92 Å². The van der Waals surface area contributed by atoms with Gasteiger partial charge in [-0.3, -0.25) is 4.79 Å². The van der Waals surface area contributed by atoms with Gasteiger partial charge in [-0.05, 0) is 13.0 Å². The molecule has 1 aromatic carbocycles. The number of halogens is 3. The first-order chi connectivity index (χ1) is 11.8. The highest BCUT2D eigenvalue weighted by Gasteiger charge is 2.37. The van der Waals surface area contributed by atoms with Gasteiger partial charge in [0.2, 0.25) is 5.43 Å². The molecule has 2 heterocycles. The Labute approximate surface area is 140 Å². The summed E-state index contributed by atoms with van der Waals surface area (Å²) in [5.41, 5.74) is 3.40. The van der Waals surface area contributed by atoms with Crippen LogP contribution in [0.1, 0.15) is 17.3 Å². The lowest BCUT2D eigenvalue weighted by Crippen LogP contribution is -2.63. The molecule has 6 nitrogen and oxygen atoms in total. The second kappa shape index (κ2) is 6.07. The molecule has 0 radical (unpaired) electrons. The van der Waals surface area contributed by atoms with Crippen molar-refractivity contribution in [2.45, 2.75) is 25.6 Å². The minimum atomic E-state index is -1.55. The summed E-state index contributed by atoms with van der Waals surface area (Å²) in [6, 6.07) is 0.256. The number of alkyl halides is 1. The smallest absolute Gasteiger partial charge is 0.341 e. The van der Waals surface area contributed by atoms with E-state index in [-0.39, 0.29) is 36.4 Å². The zero-order valence-corrected chi connectivity index (χ0v) is 13.3. The van der Waals surface area contributed by atoms with Gasteiger partial charge in [0, 0.05) is 24.8 Å². The van der Waals surface area contributed by atoms with E-state index >= 15 is 4.39 Å². The van der Waals surface area contributed by atoms with Crippen molar-refractivity contribution in [1.29, 1.82) is 0 Å². The summed E-state index contributed by atoms with van der Waals surface area (Å²) in [6.45, 7) is 0.669. The normalized spacial score (nSPS) is 20.0. The fourth-order valence-corrected chi connectivity index (χ4v) is 3.09. The van der Waals surface area contributed by atoms with Crippen LogP contribution in [0.15, 0.2) is 17.1 Å². The first-order valence-electron chi connectivity index (χ1n) is 7.64. The van der Waals surface area contributed by atoms with Crippen molar-refractivity contribution in [2.75, 3.05) is 18.1 Å². The van der Waals surface area contributed by atoms with Crippen molar-refractivity contribution in [3.8, 4) is 0 Å². The zero-order chi connectivity index (χ0) is 18.5. The van der Waals surface area contributed by atoms with Gasteiger partial charge in [-0.2, -0.15) is 0 Å². The van der Waals surface area contributed by atoms with Crippen molar-refractivity contribution >= 4 is 22.6 Å². The number of nitrogens with zero attached hydrogens (tertiary/aromatic N) is 2. The van der Waals surface area contributed by atoms with Crippen LogP contribution in [0.5, 0.6) is 0 Å². The van der Waals surface area contributed by atoms with Crippen LogP contribution in [0.25, 0.3) is 10.9 Å². The van der Waals surface area contributed by atoms with E-state index < -0.39 is 40.7 Å². The van der Waals surface area contributed by atoms with Gasteiger partial charge in [0.25, 0.3) is 0 Å². The predicted molar refractivity (Wildman–Crippen MR) is 85.8 cm³/mol. The van der Waals surface area contributed by atoms with Crippen molar-refractivity contribution in [2.24, 2.45) is 5.73 Å². The molecule has 2 atom stereocenters. The van der Waals surface area contributed by atoms with Crippen LogP contribution in [0.4, 0.5) is 18.9 Å². The Bertz CT molecular complexity index is 928. The molecular weight excluding hydrogens is 339 g/mol. The monoisotopic (exact) mass is 355 g/mol. The fourth-order valence-electron chi connectivity index (χ4n) is 3.09. The molecule has 1 aromatic heterocycles. The number of fused-ring (bicyclic) bond motifs is 1. The van der Waals surface area contributed by atoms with Gasteiger partial charge in [0.15, 0.2) is 5.82 Å². The summed E-state index contributed by atoms with van der Waals surface area (Å²) in [4.78, 5) is 24.9. The number of nitrogens with two attached hydrogens (primary N) is 1. The average Bonchev–Trinajstić information content (AvgIpc) is 2.56. The third kappa shape index (κ3) is 2.55. The summed E-state index contributed by atoms with van der Waals surface area (Å²) in [7, 11) is 0. The Hall–Kier alpha value is -2.55. The van der Waals surface area contributed by atoms with Gasteiger partial charge in [-0.15, -0.1) is 0 Å². The molecule has 134 valence electrons. The maximum atomic E-state index is 15.0.